The third-order valence-electron chi connectivity index (χ3n) is 3.46. The maximum absolute atomic E-state index is 11.9. The van der Waals surface area contributed by atoms with Crippen molar-refractivity contribution in [3.8, 4) is 11.5 Å². The van der Waals surface area contributed by atoms with Gasteiger partial charge in [-0.2, -0.15) is 0 Å². The summed E-state index contributed by atoms with van der Waals surface area (Å²) in [7, 11) is 1.60. The minimum absolute atomic E-state index is 0.00542. The highest BCUT2D eigenvalue weighted by Gasteiger charge is 2.42. The fraction of sp³-hybridized carbons (Fsp3) is 0.533. The van der Waals surface area contributed by atoms with Crippen molar-refractivity contribution in [3.05, 3.63) is 24.3 Å². The number of rotatable bonds is 6. The molecule has 1 fully saturated rings. The average molecular weight is 279 g/mol. The summed E-state index contributed by atoms with van der Waals surface area (Å²) in [6.45, 7) is 2.83. The molecule has 1 aromatic carbocycles. The molecule has 20 heavy (non-hydrogen) atoms. The SMILES string of the molecule is CCCC1(O)CN(C(=O)COc2ccc(OC)cc2)C1. The van der Waals surface area contributed by atoms with Crippen molar-refractivity contribution in [3.63, 3.8) is 0 Å². The van der Waals surface area contributed by atoms with E-state index in [2.05, 4.69) is 0 Å². The largest absolute Gasteiger partial charge is 0.497 e. The number of methoxy groups -OCH3 is 1. The van der Waals surface area contributed by atoms with Crippen LogP contribution in [0, 0.1) is 0 Å². The molecule has 1 N–H and O–H groups in total. The number of hydrogen-bond donors (Lipinski definition) is 1. The lowest BCUT2D eigenvalue weighted by molar-refractivity contribution is -0.158. The minimum atomic E-state index is -0.690. The Kier molecular flexibility index (Phi) is 4.49. The molecule has 1 aromatic rings. The average Bonchev–Trinajstić information content (AvgIpc) is 2.43. The zero-order chi connectivity index (χ0) is 14.6. The first kappa shape index (κ1) is 14.7. The lowest BCUT2D eigenvalue weighted by atomic mass is 9.89. The van der Waals surface area contributed by atoms with Crippen molar-refractivity contribution in [1.29, 1.82) is 0 Å². The molecule has 0 aliphatic carbocycles. The van der Waals surface area contributed by atoms with Crippen molar-refractivity contribution in [2.75, 3.05) is 26.8 Å². The van der Waals surface area contributed by atoms with Gasteiger partial charge in [-0.05, 0) is 30.7 Å². The second-order valence-corrected chi connectivity index (χ2v) is 5.19. The van der Waals surface area contributed by atoms with Gasteiger partial charge in [-0.1, -0.05) is 13.3 Å². The van der Waals surface area contributed by atoms with Gasteiger partial charge in [0.15, 0.2) is 6.61 Å². The van der Waals surface area contributed by atoms with Crippen molar-refractivity contribution in [2.45, 2.75) is 25.4 Å². The van der Waals surface area contributed by atoms with E-state index in [-0.39, 0.29) is 12.5 Å². The van der Waals surface area contributed by atoms with Crippen molar-refractivity contribution < 1.29 is 19.4 Å². The molecule has 0 saturated carbocycles. The summed E-state index contributed by atoms with van der Waals surface area (Å²) in [5.41, 5.74) is -0.690. The quantitative estimate of drug-likeness (QED) is 0.856. The summed E-state index contributed by atoms with van der Waals surface area (Å²) in [5, 5.41) is 10.0. The summed E-state index contributed by atoms with van der Waals surface area (Å²) in [5.74, 6) is 1.28. The van der Waals surface area contributed by atoms with Crippen LogP contribution >= 0.6 is 0 Å². The lowest BCUT2D eigenvalue weighted by Crippen LogP contribution is -2.64. The molecule has 1 heterocycles. The van der Waals surface area contributed by atoms with Crippen LogP contribution < -0.4 is 9.47 Å². The van der Waals surface area contributed by atoms with Crippen LogP contribution in [-0.4, -0.2) is 48.3 Å². The van der Waals surface area contributed by atoms with E-state index < -0.39 is 5.60 Å². The smallest absolute Gasteiger partial charge is 0.260 e. The maximum atomic E-state index is 11.9. The third-order valence-corrected chi connectivity index (χ3v) is 3.46. The first-order chi connectivity index (χ1) is 9.56. The van der Waals surface area contributed by atoms with Gasteiger partial charge in [-0.25, -0.2) is 0 Å². The normalized spacial score (nSPS) is 16.4. The Morgan fingerprint density at radius 1 is 1.30 bits per heavy atom. The number of nitrogens with zero attached hydrogens (tertiary/aromatic N) is 1. The predicted molar refractivity (Wildman–Crippen MR) is 74.9 cm³/mol. The summed E-state index contributed by atoms with van der Waals surface area (Å²) < 4.78 is 10.5. The van der Waals surface area contributed by atoms with Gasteiger partial charge < -0.3 is 19.5 Å². The van der Waals surface area contributed by atoms with Gasteiger partial charge in [0.25, 0.3) is 5.91 Å². The van der Waals surface area contributed by atoms with Gasteiger partial charge in [0.05, 0.1) is 25.8 Å². The topological polar surface area (TPSA) is 59.0 Å². The number of likely N-dealkylation sites (tertiary alicyclic amines) is 1. The van der Waals surface area contributed by atoms with Crippen molar-refractivity contribution in [1.82, 2.24) is 4.90 Å². The van der Waals surface area contributed by atoms with E-state index in [1.807, 2.05) is 6.92 Å². The number of amides is 1. The van der Waals surface area contributed by atoms with E-state index in [1.54, 1.807) is 36.3 Å². The molecule has 0 unspecified atom stereocenters. The zero-order valence-corrected chi connectivity index (χ0v) is 12.0. The predicted octanol–water partition coefficient (Wildman–Crippen LogP) is 1.45. The molecule has 0 atom stereocenters. The van der Waals surface area contributed by atoms with Crippen LogP contribution in [0.1, 0.15) is 19.8 Å². The highest BCUT2D eigenvalue weighted by Crippen LogP contribution is 2.26. The van der Waals surface area contributed by atoms with Gasteiger partial charge in [-0.15, -0.1) is 0 Å². The Bertz CT molecular complexity index is 451. The van der Waals surface area contributed by atoms with Crippen LogP contribution in [-0.2, 0) is 4.79 Å². The standard InChI is InChI=1S/C15H21NO4/c1-3-8-15(18)10-16(11-15)14(17)9-20-13-6-4-12(19-2)5-7-13/h4-7,18H,3,8-11H2,1-2H3. The highest BCUT2D eigenvalue weighted by molar-refractivity contribution is 5.79. The number of hydrogen-bond acceptors (Lipinski definition) is 4. The van der Waals surface area contributed by atoms with E-state index in [9.17, 15) is 9.90 Å². The molecule has 2 rings (SSSR count). The van der Waals surface area contributed by atoms with Gasteiger partial charge in [-0.3, -0.25) is 4.79 Å². The summed E-state index contributed by atoms with van der Waals surface area (Å²) in [6.07, 6.45) is 1.65. The summed E-state index contributed by atoms with van der Waals surface area (Å²) in [4.78, 5) is 13.5. The second-order valence-electron chi connectivity index (χ2n) is 5.19. The van der Waals surface area contributed by atoms with Crippen LogP contribution in [0.25, 0.3) is 0 Å². The number of carbonyl (C=O) groups is 1. The molecule has 5 heteroatoms. The van der Waals surface area contributed by atoms with Gasteiger partial charge in [0, 0.05) is 0 Å². The monoisotopic (exact) mass is 279 g/mol. The molecule has 1 saturated heterocycles. The first-order valence-corrected chi connectivity index (χ1v) is 6.83. The Morgan fingerprint density at radius 3 is 2.45 bits per heavy atom. The number of β-amino-alcohol motifs (C(OH)–C–C–N with tert-alkyl or cyclic N) is 1. The van der Waals surface area contributed by atoms with Crippen LogP contribution in [0.5, 0.6) is 11.5 Å². The van der Waals surface area contributed by atoms with E-state index in [4.69, 9.17) is 9.47 Å². The minimum Gasteiger partial charge on any atom is -0.497 e. The van der Waals surface area contributed by atoms with Gasteiger partial charge >= 0.3 is 0 Å². The lowest BCUT2D eigenvalue weighted by Gasteiger charge is -2.46. The Balaban J connectivity index is 1.76. The molecule has 110 valence electrons. The van der Waals surface area contributed by atoms with Crippen LogP contribution in [0.15, 0.2) is 24.3 Å². The molecule has 0 bridgehead atoms. The van der Waals surface area contributed by atoms with E-state index in [0.717, 1.165) is 18.6 Å². The Labute approximate surface area is 119 Å². The van der Waals surface area contributed by atoms with Crippen molar-refractivity contribution in [2.24, 2.45) is 0 Å². The fourth-order valence-electron chi connectivity index (χ4n) is 2.37. The molecule has 0 aromatic heterocycles. The number of carbonyl (C=O) groups excluding carboxylic acids is 1. The number of aliphatic hydroxyl groups is 1. The summed E-state index contributed by atoms with van der Waals surface area (Å²) in [6, 6.07) is 7.08. The van der Waals surface area contributed by atoms with Gasteiger partial charge in [0.2, 0.25) is 0 Å². The fourth-order valence-corrected chi connectivity index (χ4v) is 2.37. The highest BCUT2D eigenvalue weighted by atomic mass is 16.5. The van der Waals surface area contributed by atoms with Gasteiger partial charge in [0.1, 0.15) is 11.5 Å². The first-order valence-electron chi connectivity index (χ1n) is 6.83. The number of ether oxygens (including phenoxy) is 2. The van der Waals surface area contributed by atoms with Crippen LogP contribution in [0.2, 0.25) is 0 Å². The molecular weight excluding hydrogens is 258 g/mol. The van der Waals surface area contributed by atoms with E-state index in [0.29, 0.717) is 18.8 Å². The second kappa shape index (κ2) is 6.13. The zero-order valence-electron chi connectivity index (χ0n) is 12.0. The molecule has 1 amide bonds. The number of benzene rings is 1. The summed E-state index contributed by atoms with van der Waals surface area (Å²) >= 11 is 0. The molecule has 5 nitrogen and oxygen atoms in total. The Hall–Kier alpha value is -1.75. The van der Waals surface area contributed by atoms with Crippen LogP contribution in [0.3, 0.4) is 0 Å². The van der Waals surface area contributed by atoms with E-state index >= 15 is 0 Å². The molecular formula is C15H21NO4. The third kappa shape index (κ3) is 3.42. The molecule has 1 aliphatic heterocycles. The maximum Gasteiger partial charge on any atom is 0.260 e. The van der Waals surface area contributed by atoms with Crippen molar-refractivity contribution >= 4 is 5.91 Å². The Morgan fingerprint density at radius 2 is 1.90 bits per heavy atom. The van der Waals surface area contributed by atoms with E-state index in [1.165, 1.54) is 0 Å². The molecule has 1 aliphatic rings. The molecule has 0 radical (unpaired) electrons. The van der Waals surface area contributed by atoms with Crippen LogP contribution in [0.4, 0.5) is 0 Å². The molecule has 0 spiro atoms.